The van der Waals surface area contributed by atoms with Crippen LogP contribution in [0.4, 0.5) is 5.69 Å². The van der Waals surface area contributed by atoms with Gasteiger partial charge in [-0.3, -0.25) is 9.36 Å². The van der Waals surface area contributed by atoms with Gasteiger partial charge in [0.15, 0.2) is 28.6 Å². The minimum atomic E-state index is -0.421. The summed E-state index contributed by atoms with van der Waals surface area (Å²) in [6, 6.07) is 24.7. The summed E-state index contributed by atoms with van der Waals surface area (Å²) in [5.74, 6) is 1.92. The van der Waals surface area contributed by atoms with Crippen molar-refractivity contribution >= 4 is 39.3 Å². The van der Waals surface area contributed by atoms with Crippen LogP contribution in [0.15, 0.2) is 88.5 Å². The topological polar surface area (TPSA) is 78.3 Å². The summed E-state index contributed by atoms with van der Waals surface area (Å²) in [7, 11) is 1.60. The maximum Gasteiger partial charge on any atom is 0.234 e. The first-order chi connectivity index (χ1) is 16.5. The van der Waals surface area contributed by atoms with Crippen LogP contribution in [0.25, 0.3) is 5.69 Å². The third kappa shape index (κ3) is 5.78. The molecule has 0 aliphatic heterocycles. The van der Waals surface area contributed by atoms with Gasteiger partial charge in [-0.25, -0.2) is 0 Å². The Morgan fingerprint density at radius 3 is 2.38 bits per heavy atom. The molecule has 7 nitrogen and oxygen atoms in total. The van der Waals surface area contributed by atoms with Gasteiger partial charge in [0.1, 0.15) is 0 Å². The zero-order valence-corrected chi connectivity index (χ0v) is 21.0. The van der Waals surface area contributed by atoms with Crippen LogP contribution < -0.4 is 14.8 Å². The predicted octanol–water partition coefficient (Wildman–Crippen LogP) is 5.91. The third-order valence-electron chi connectivity index (χ3n) is 4.87. The molecule has 174 valence electrons. The van der Waals surface area contributed by atoms with Crippen molar-refractivity contribution in [3.05, 3.63) is 89.2 Å². The molecule has 1 atom stereocenters. The summed E-state index contributed by atoms with van der Waals surface area (Å²) in [5.41, 5.74) is 1.62. The summed E-state index contributed by atoms with van der Waals surface area (Å²) >= 11 is 4.71. The number of hydrogen-bond acceptors (Lipinski definition) is 6. The summed E-state index contributed by atoms with van der Waals surface area (Å²) in [6.45, 7) is 1.91. The first-order valence-electron chi connectivity index (χ1n) is 10.5. The fraction of sp³-hybridized carbons (Fsp3) is 0.160. The number of nitrogens with zero attached hydrogens (tertiary/aromatic N) is 3. The SMILES string of the molecule is COc1ccccc1OC(C)c1nnc(SCC(=O)Nc2ccc(Br)cc2)n1-c1ccccc1. The number of carbonyl (C=O) groups excluding carboxylic acids is 1. The number of hydrogen-bond donors (Lipinski definition) is 1. The van der Waals surface area contributed by atoms with Gasteiger partial charge in [-0.1, -0.05) is 58.0 Å². The molecule has 0 aliphatic carbocycles. The second-order valence-corrected chi connectivity index (χ2v) is 9.12. The van der Waals surface area contributed by atoms with Gasteiger partial charge >= 0.3 is 0 Å². The fourth-order valence-electron chi connectivity index (χ4n) is 3.28. The van der Waals surface area contributed by atoms with Crippen LogP contribution in [0.5, 0.6) is 11.5 Å². The number of para-hydroxylation sites is 3. The van der Waals surface area contributed by atoms with Crippen molar-refractivity contribution in [2.24, 2.45) is 0 Å². The summed E-state index contributed by atoms with van der Waals surface area (Å²) in [4.78, 5) is 12.5. The highest BCUT2D eigenvalue weighted by atomic mass is 79.9. The number of thioether (sulfide) groups is 1. The van der Waals surface area contributed by atoms with Crippen molar-refractivity contribution in [3.8, 4) is 17.2 Å². The average Bonchev–Trinajstić information content (AvgIpc) is 3.29. The number of carbonyl (C=O) groups is 1. The lowest BCUT2D eigenvalue weighted by molar-refractivity contribution is -0.113. The van der Waals surface area contributed by atoms with Gasteiger partial charge in [-0.15, -0.1) is 10.2 Å². The van der Waals surface area contributed by atoms with Crippen LogP contribution in [0.3, 0.4) is 0 Å². The van der Waals surface area contributed by atoms with Gasteiger partial charge in [-0.2, -0.15) is 0 Å². The van der Waals surface area contributed by atoms with Gasteiger partial charge < -0.3 is 14.8 Å². The van der Waals surface area contributed by atoms with Crippen LogP contribution in [0.1, 0.15) is 18.9 Å². The lowest BCUT2D eigenvalue weighted by atomic mass is 10.3. The molecule has 1 aromatic heterocycles. The van der Waals surface area contributed by atoms with E-state index < -0.39 is 6.10 Å². The lowest BCUT2D eigenvalue weighted by Crippen LogP contribution is -2.15. The molecule has 9 heteroatoms. The maximum absolute atomic E-state index is 12.5. The number of halogens is 1. The van der Waals surface area contributed by atoms with E-state index in [9.17, 15) is 4.79 Å². The van der Waals surface area contributed by atoms with Gasteiger partial charge in [0.05, 0.1) is 12.9 Å². The highest BCUT2D eigenvalue weighted by molar-refractivity contribution is 9.10. The van der Waals surface area contributed by atoms with Crippen LogP contribution in [-0.4, -0.2) is 33.5 Å². The molecule has 0 radical (unpaired) electrons. The van der Waals surface area contributed by atoms with E-state index >= 15 is 0 Å². The van der Waals surface area contributed by atoms with E-state index in [1.165, 1.54) is 11.8 Å². The van der Waals surface area contributed by atoms with Crippen molar-refractivity contribution in [1.82, 2.24) is 14.8 Å². The Morgan fingerprint density at radius 1 is 1.00 bits per heavy atom. The van der Waals surface area contributed by atoms with Crippen LogP contribution in [0.2, 0.25) is 0 Å². The Morgan fingerprint density at radius 2 is 1.68 bits per heavy atom. The van der Waals surface area contributed by atoms with Crippen LogP contribution in [-0.2, 0) is 4.79 Å². The highest BCUT2D eigenvalue weighted by Gasteiger charge is 2.22. The Kier molecular flexibility index (Phi) is 7.87. The van der Waals surface area contributed by atoms with Crippen molar-refractivity contribution < 1.29 is 14.3 Å². The molecular formula is C25H23BrN4O3S. The number of nitrogens with one attached hydrogen (secondary N) is 1. The van der Waals surface area contributed by atoms with Gasteiger partial charge in [0.25, 0.3) is 0 Å². The van der Waals surface area contributed by atoms with E-state index in [-0.39, 0.29) is 11.7 Å². The van der Waals surface area contributed by atoms with Crippen molar-refractivity contribution in [2.45, 2.75) is 18.2 Å². The molecule has 1 amide bonds. The van der Waals surface area contributed by atoms with Crippen molar-refractivity contribution in [1.29, 1.82) is 0 Å². The lowest BCUT2D eigenvalue weighted by Gasteiger charge is -2.18. The highest BCUT2D eigenvalue weighted by Crippen LogP contribution is 2.32. The molecule has 0 fully saturated rings. The summed E-state index contributed by atoms with van der Waals surface area (Å²) < 4.78 is 14.4. The molecule has 0 bridgehead atoms. The molecule has 0 saturated carbocycles. The number of amides is 1. The Balaban J connectivity index is 1.54. The fourth-order valence-corrected chi connectivity index (χ4v) is 4.30. The van der Waals surface area contributed by atoms with E-state index in [0.717, 1.165) is 15.8 Å². The van der Waals surface area contributed by atoms with E-state index in [1.54, 1.807) is 7.11 Å². The number of methoxy groups -OCH3 is 1. The van der Waals surface area contributed by atoms with E-state index in [2.05, 4.69) is 31.4 Å². The van der Waals surface area contributed by atoms with E-state index in [0.29, 0.717) is 22.5 Å². The molecule has 1 heterocycles. The molecular weight excluding hydrogens is 516 g/mol. The number of benzene rings is 3. The maximum atomic E-state index is 12.5. The Bertz CT molecular complexity index is 1250. The molecule has 0 spiro atoms. The minimum absolute atomic E-state index is 0.130. The zero-order valence-electron chi connectivity index (χ0n) is 18.6. The normalized spacial score (nSPS) is 11.6. The first-order valence-corrected chi connectivity index (χ1v) is 12.3. The summed E-state index contributed by atoms with van der Waals surface area (Å²) in [5, 5.41) is 12.3. The van der Waals surface area contributed by atoms with Gasteiger partial charge in [-0.05, 0) is 55.5 Å². The van der Waals surface area contributed by atoms with Crippen molar-refractivity contribution in [2.75, 3.05) is 18.2 Å². The van der Waals surface area contributed by atoms with Crippen LogP contribution in [0, 0.1) is 0 Å². The molecule has 1 N–H and O–H groups in total. The monoisotopic (exact) mass is 538 g/mol. The Hall–Kier alpha value is -3.30. The molecule has 3 aromatic carbocycles. The second-order valence-electron chi connectivity index (χ2n) is 7.27. The smallest absolute Gasteiger partial charge is 0.234 e. The standard InChI is InChI=1S/C25H23BrN4O3S/c1-17(33-22-11-7-6-10-21(22)32-2)24-28-29-25(30(24)20-8-4-3-5-9-20)34-16-23(31)27-19-14-12-18(26)13-15-19/h3-15,17H,16H2,1-2H3,(H,27,31). The largest absolute Gasteiger partial charge is 0.493 e. The number of ether oxygens (including phenoxy) is 2. The molecule has 4 aromatic rings. The molecule has 0 saturated heterocycles. The molecule has 1 unspecified atom stereocenters. The first kappa shape index (κ1) is 23.8. The number of rotatable bonds is 9. The summed E-state index contributed by atoms with van der Waals surface area (Å²) in [6.07, 6.45) is -0.421. The van der Waals surface area contributed by atoms with Crippen molar-refractivity contribution in [3.63, 3.8) is 0 Å². The zero-order chi connectivity index (χ0) is 23.9. The molecule has 0 aliphatic rings. The average molecular weight is 539 g/mol. The second kappa shape index (κ2) is 11.2. The van der Waals surface area contributed by atoms with E-state index in [1.807, 2.05) is 90.4 Å². The number of aromatic nitrogens is 3. The predicted molar refractivity (Wildman–Crippen MR) is 137 cm³/mol. The Labute approximate surface area is 210 Å². The minimum Gasteiger partial charge on any atom is -0.493 e. The third-order valence-corrected chi connectivity index (χ3v) is 6.33. The van der Waals surface area contributed by atoms with Crippen LogP contribution >= 0.6 is 27.7 Å². The molecule has 34 heavy (non-hydrogen) atoms. The molecule has 4 rings (SSSR count). The van der Waals surface area contributed by atoms with Gasteiger partial charge in [0, 0.05) is 15.8 Å². The number of anilines is 1. The quantitative estimate of drug-likeness (QED) is 0.267. The van der Waals surface area contributed by atoms with E-state index in [4.69, 9.17) is 9.47 Å². The van der Waals surface area contributed by atoms with Gasteiger partial charge in [0.2, 0.25) is 5.91 Å².